The summed E-state index contributed by atoms with van der Waals surface area (Å²) in [6.07, 6.45) is 4.16. The summed E-state index contributed by atoms with van der Waals surface area (Å²) in [5.74, 6) is -0.717. The maximum atomic E-state index is 13.4. The number of piperidine rings is 1. The number of benzene rings is 1. The van der Waals surface area contributed by atoms with E-state index < -0.39 is 15.8 Å². The van der Waals surface area contributed by atoms with Crippen LogP contribution in [-0.2, 0) is 10.0 Å². The molecule has 0 bridgehead atoms. The molecule has 1 unspecified atom stereocenters. The molecule has 0 amide bonds. The molecule has 1 fully saturated rings. The zero-order valence-electron chi connectivity index (χ0n) is 10.7. The van der Waals surface area contributed by atoms with Crippen LogP contribution in [0.5, 0.6) is 0 Å². The fourth-order valence-corrected chi connectivity index (χ4v) is 3.40. The van der Waals surface area contributed by atoms with Crippen molar-refractivity contribution >= 4 is 10.0 Å². The molecule has 0 spiro atoms. The topological polar surface area (TPSA) is 58.2 Å². The average Bonchev–Trinajstić information content (AvgIpc) is 2.40. The maximum Gasteiger partial charge on any atom is 0.243 e. The van der Waals surface area contributed by atoms with Crippen LogP contribution in [0.4, 0.5) is 4.39 Å². The molecule has 106 valence electrons. The van der Waals surface area contributed by atoms with Gasteiger partial charge >= 0.3 is 0 Å². The molecule has 0 saturated carbocycles. The molecular formula is C13H19FN2O2S. The smallest absolute Gasteiger partial charge is 0.243 e. The van der Waals surface area contributed by atoms with E-state index in [0.717, 1.165) is 25.5 Å². The van der Waals surface area contributed by atoms with Crippen molar-refractivity contribution in [2.24, 2.45) is 0 Å². The lowest BCUT2D eigenvalue weighted by molar-refractivity contribution is 0.382. The summed E-state index contributed by atoms with van der Waals surface area (Å²) >= 11 is 0. The van der Waals surface area contributed by atoms with Gasteiger partial charge in [-0.3, -0.25) is 0 Å². The third-order valence-electron chi connectivity index (χ3n) is 3.32. The van der Waals surface area contributed by atoms with Crippen molar-refractivity contribution in [3.63, 3.8) is 0 Å². The lowest BCUT2D eigenvalue weighted by atomic mass is 10.0. The number of hydrogen-bond donors (Lipinski definition) is 2. The highest BCUT2D eigenvalue weighted by Crippen LogP contribution is 2.14. The van der Waals surface area contributed by atoms with Crippen molar-refractivity contribution in [3.8, 4) is 0 Å². The highest BCUT2D eigenvalue weighted by atomic mass is 32.2. The summed E-state index contributed by atoms with van der Waals surface area (Å²) in [6.45, 7) is 1.32. The number of halogens is 1. The Hall–Kier alpha value is -0.980. The van der Waals surface area contributed by atoms with Gasteiger partial charge in [0.2, 0.25) is 10.0 Å². The Balaban J connectivity index is 1.89. The highest BCUT2D eigenvalue weighted by Gasteiger charge is 2.19. The molecule has 2 rings (SSSR count). The first-order valence-electron chi connectivity index (χ1n) is 6.57. The average molecular weight is 286 g/mol. The highest BCUT2D eigenvalue weighted by molar-refractivity contribution is 7.89. The van der Waals surface area contributed by atoms with Crippen molar-refractivity contribution in [1.82, 2.24) is 10.0 Å². The first-order valence-corrected chi connectivity index (χ1v) is 8.05. The molecular weight excluding hydrogens is 267 g/mol. The van der Waals surface area contributed by atoms with Crippen LogP contribution in [-0.4, -0.2) is 27.5 Å². The van der Waals surface area contributed by atoms with Gasteiger partial charge in [-0.1, -0.05) is 18.6 Å². The Kier molecular flexibility index (Phi) is 4.90. The van der Waals surface area contributed by atoms with Crippen LogP contribution in [0.25, 0.3) is 0 Å². The van der Waals surface area contributed by atoms with Gasteiger partial charge in [0.15, 0.2) is 0 Å². The molecule has 1 aliphatic heterocycles. The van der Waals surface area contributed by atoms with Crippen molar-refractivity contribution in [3.05, 3.63) is 30.1 Å². The fourth-order valence-electron chi connectivity index (χ4n) is 2.28. The van der Waals surface area contributed by atoms with Crippen molar-refractivity contribution in [1.29, 1.82) is 0 Å². The minimum atomic E-state index is -3.74. The first kappa shape index (κ1) is 14.4. The van der Waals surface area contributed by atoms with Crippen molar-refractivity contribution < 1.29 is 12.8 Å². The summed E-state index contributed by atoms with van der Waals surface area (Å²) in [6, 6.07) is 5.77. The van der Waals surface area contributed by atoms with Gasteiger partial charge in [0.25, 0.3) is 0 Å². The van der Waals surface area contributed by atoms with E-state index in [0.29, 0.717) is 12.6 Å². The van der Waals surface area contributed by atoms with Crippen LogP contribution >= 0.6 is 0 Å². The Morgan fingerprint density at radius 1 is 1.32 bits per heavy atom. The van der Waals surface area contributed by atoms with Crippen LogP contribution in [0.15, 0.2) is 29.2 Å². The minimum Gasteiger partial charge on any atom is -0.314 e. The van der Waals surface area contributed by atoms with E-state index in [2.05, 4.69) is 10.0 Å². The molecule has 0 aromatic heterocycles. The van der Waals surface area contributed by atoms with Gasteiger partial charge in [0.1, 0.15) is 10.7 Å². The lowest BCUT2D eigenvalue weighted by Gasteiger charge is -2.23. The predicted molar refractivity (Wildman–Crippen MR) is 71.8 cm³/mol. The quantitative estimate of drug-likeness (QED) is 0.865. The van der Waals surface area contributed by atoms with Crippen molar-refractivity contribution in [2.75, 3.05) is 13.1 Å². The van der Waals surface area contributed by atoms with Gasteiger partial charge < -0.3 is 5.32 Å². The number of hydrogen-bond acceptors (Lipinski definition) is 3. The molecule has 1 saturated heterocycles. The second-order valence-corrected chi connectivity index (χ2v) is 6.50. The molecule has 2 N–H and O–H groups in total. The molecule has 1 aromatic rings. The molecule has 1 aliphatic rings. The lowest BCUT2D eigenvalue weighted by Crippen LogP contribution is -2.37. The standard InChI is InChI=1S/C13H19FN2O2S/c14-12-6-1-2-7-13(12)19(17,18)16-10-8-11-5-3-4-9-15-11/h1-2,6-7,11,15-16H,3-5,8-10H2. The molecule has 19 heavy (non-hydrogen) atoms. The van der Waals surface area contributed by atoms with Gasteiger partial charge in [0.05, 0.1) is 0 Å². The number of rotatable bonds is 5. The van der Waals surface area contributed by atoms with Gasteiger partial charge in [0, 0.05) is 12.6 Å². The summed E-state index contributed by atoms with van der Waals surface area (Å²) in [7, 11) is -3.74. The summed E-state index contributed by atoms with van der Waals surface area (Å²) in [4.78, 5) is -0.286. The normalized spacial score (nSPS) is 20.4. The fraction of sp³-hybridized carbons (Fsp3) is 0.538. The maximum absolute atomic E-state index is 13.4. The van der Waals surface area contributed by atoms with Gasteiger partial charge in [-0.2, -0.15) is 0 Å². The SMILES string of the molecule is O=S(=O)(NCCC1CCCCN1)c1ccccc1F. The van der Waals surface area contributed by atoms with E-state index in [1.807, 2.05) is 0 Å². The second-order valence-electron chi connectivity index (χ2n) is 4.76. The Morgan fingerprint density at radius 3 is 2.79 bits per heavy atom. The van der Waals surface area contributed by atoms with Crippen molar-refractivity contribution in [2.45, 2.75) is 36.6 Å². The van der Waals surface area contributed by atoms with E-state index in [1.165, 1.54) is 31.0 Å². The molecule has 4 nitrogen and oxygen atoms in total. The first-order chi connectivity index (χ1) is 9.09. The zero-order valence-corrected chi connectivity index (χ0v) is 11.5. The monoisotopic (exact) mass is 286 g/mol. The molecule has 1 heterocycles. The molecule has 0 aliphatic carbocycles. The largest absolute Gasteiger partial charge is 0.314 e. The molecule has 0 radical (unpaired) electrons. The minimum absolute atomic E-state index is 0.286. The summed E-state index contributed by atoms with van der Waals surface area (Å²) in [5, 5.41) is 3.35. The predicted octanol–water partition coefficient (Wildman–Crippen LogP) is 1.64. The Labute approximate surface area is 113 Å². The Bertz CT molecular complexity index is 513. The van der Waals surface area contributed by atoms with E-state index >= 15 is 0 Å². The number of nitrogens with one attached hydrogen (secondary N) is 2. The van der Waals surface area contributed by atoms with Gasteiger partial charge in [-0.15, -0.1) is 0 Å². The van der Waals surface area contributed by atoms with Crippen LogP contribution in [0.2, 0.25) is 0 Å². The zero-order chi connectivity index (χ0) is 13.7. The Morgan fingerprint density at radius 2 is 2.11 bits per heavy atom. The molecule has 1 aromatic carbocycles. The third-order valence-corrected chi connectivity index (χ3v) is 4.82. The van der Waals surface area contributed by atoms with E-state index in [9.17, 15) is 12.8 Å². The van der Waals surface area contributed by atoms with E-state index in [1.54, 1.807) is 0 Å². The summed E-state index contributed by atoms with van der Waals surface area (Å²) in [5.41, 5.74) is 0. The third kappa shape index (κ3) is 3.99. The molecule has 1 atom stereocenters. The van der Waals surface area contributed by atoms with Crippen LogP contribution in [0.3, 0.4) is 0 Å². The van der Waals surface area contributed by atoms with Gasteiger partial charge in [-0.05, 0) is 37.9 Å². The molecule has 6 heteroatoms. The number of sulfonamides is 1. The van der Waals surface area contributed by atoms with E-state index in [4.69, 9.17) is 0 Å². The second kappa shape index (κ2) is 6.45. The van der Waals surface area contributed by atoms with Gasteiger partial charge in [-0.25, -0.2) is 17.5 Å². The van der Waals surface area contributed by atoms with Crippen LogP contribution < -0.4 is 10.0 Å². The summed E-state index contributed by atoms with van der Waals surface area (Å²) < 4.78 is 39.7. The van der Waals surface area contributed by atoms with Crippen LogP contribution in [0, 0.1) is 5.82 Å². The van der Waals surface area contributed by atoms with E-state index in [-0.39, 0.29) is 4.90 Å². The van der Waals surface area contributed by atoms with Crippen LogP contribution in [0.1, 0.15) is 25.7 Å².